The maximum absolute atomic E-state index is 0. The van der Waals surface area contributed by atoms with Gasteiger partial charge in [-0.15, -0.1) is 0 Å². The average molecular weight is 432 g/mol. The molecule has 1 nitrogen and oxygen atoms in total. The molecule has 3 N–H and O–H groups in total. The first-order valence-electron chi connectivity index (χ1n) is 0. The Morgan fingerprint density at radius 1 is 1.00 bits per heavy atom. The Bertz CT molecular complexity index is 8.00. The van der Waals surface area contributed by atoms with Crippen LogP contribution in [0.25, 0.3) is 0 Å². The first-order valence-corrected chi connectivity index (χ1v) is 0. The van der Waals surface area contributed by atoms with Crippen LogP contribution in [0.4, 0.5) is 0 Å². The molecule has 0 heterocycles. The summed E-state index contributed by atoms with van der Waals surface area (Å²) in [4.78, 5) is 0. The summed E-state index contributed by atoms with van der Waals surface area (Å²) in [6.45, 7) is 0. The summed E-state index contributed by atoms with van der Waals surface area (Å²) in [5.41, 5.74) is 0. The van der Waals surface area contributed by atoms with Gasteiger partial charge in [-0.2, -0.15) is 0 Å². The summed E-state index contributed by atoms with van der Waals surface area (Å²) in [6.07, 6.45) is 0. The Hall–Kier alpha value is 2.91. The Morgan fingerprint density at radius 2 is 1.00 bits per heavy atom. The molecule has 0 aromatic heterocycles. The largest absolute Gasteiger partial charge is 0.344 e. The fraction of sp³-hybridized carbons (Fsp3) is 0. The Labute approximate surface area is 93.0 Å². The predicted octanol–water partition coefficient (Wildman–Crippen LogP) is 0.157. The first-order chi connectivity index (χ1) is 0. The standard InChI is InChI=1S/Ce.H3N.W.Zr/h;1H3;;. The molecule has 0 aliphatic heterocycles. The number of rotatable bonds is 0. The molecular formula is H3CeNWZr. The van der Waals surface area contributed by atoms with Crippen molar-refractivity contribution in [2.45, 2.75) is 0 Å². The van der Waals surface area contributed by atoms with Crippen LogP contribution in [0.3, 0.4) is 0 Å². The molecule has 0 unspecified atom stereocenters. The molecule has 0 rings (SSSR count). The summed E-state index contributed by atoms with van der Waals surface area (Å²) in [5, 5.41) is 0. The van der Waals surface area contributed by atoms with Gasteiger partial charge in [0.1, 0.15) is 0 Å². The van der Waals surface area contributed by atoms with Gasteiger partial charge in [0.25, 0.3) is 0 Å². The predicted molar refractivity (Wildman–Crippen MR) is 5.02 cm³/mol. The van der Waals surface area contributed by atoms with E-state index in [1.54, 1.807) is 0 Å². The van der Waals surface area contributed by atoms with Crippen molar-refractivity contribution in [2.75, 3.05) is 0 Å². The zero-order chi connectivity index (χ0) is 0. The molecule has 4 heteroatoms. The fourth-order valence-electron chi connectivity index (χ4n) is 0. The minimum atomic E-state index is 0. The minimum Gasteiger partial charge on any atom is -0.344 e. The third-order valence-corrected chi connectivity index (χ3v) is 0. The van der Waals surface area contributed by atoms with E-state index in [9.17, 15) is 0 Å². The molecule has 0 bridgehead atoms. The van der Waals surface area contributed by atoms with Gasteiger partial charge in [-0.05, 0) is 0 Å². The van der Waals surface area contributed by atoms with Crippen molar-refractivity contribution in [3.8, 4) is 0 Å². The SMILES string of the molecule is N.[Ce].[W].[Zr]. The quantitative estimate of drug-likeness (QED) is 0.582. The van der Waals surface area contributed by atoms with Crippen molar-refractivity contribution in [2.24, 2.45) is 0 Å². The van der Waals surface area contributed by atoms with Gasteiger partial charge in [-0.25, -0.2) is 0 Å². The van der Waals surface area contributed by atoms with Crippen molar-refractivity contribution in [3.05, 3.63) is 0 Å². The average Bonchev–Trinajstić information content (AvgIpc) is 0. The van der Waals surface area contributed by atoms with Gasteiger partial charge in [0.2, 0.25) is 0 Å². The van der Waals surface area contributed by atoms with E-state index < -0.39 is 0 Å². The molecule has 4 heavy (non-hydrogen) atoms. The van der Waals surface area contributed by atoms with Crippen LogP contribution in [0.1, 0.15) is 0 Å². The molecule has 0 aromatic rings. The maximum atomic E-state index is 0. The van der Waals surface area contributed by atoms with Crippen LogP contribution < -0.4 is 6.15 Å². The summed E-state index contributed by atoms with van der Waals surface area (Å²) in [7, 11) is 0. The second-order valence-electron chi connectivity index (χ2n) is 0. The van der Waals surface area contributed by atoms with Crippen LogP contribution in [0.15, 0.2) is 0 Å². The van der Waals surface area contributed by atoms with Gasteiger partial charge in [0.05, 0.1) is 0 Å². The van der Waals surface area contributed by atoms with Crippen LogP contribution in [-0.2, 0) is 47.3 Å². The second-order valence-corrected chi connectivity index (χ2v) is 0. The zero-order valence-corrected chi connectivity index (χ0v) is 10.6. The van der Waals surface area contributed by atoms with Gasteiger partial charge < -0.3 is 6.15 Å². The summed E-state index contributed by atoms with van der Waals surface area (Å²) in [5.74, 6) is 0. The van der Waals surface area contributed by atoms with E-state index in [1.807, 2.05) is 0 Å². The van der Waals surface area contributed by atoms with Gasteiger partial charge in [-0.1, -0.05) is 0 Å². The van der Waals surface area contributed by atoms with E-state index in [1.165, 1.54) is 0 Å². The second kappa shape index (κ2) is 16.8. The molecule has 0 atom stereocenters. The Balaban J connectivity index is 0. The maximum Gasteiger partial charge on any atom is 0 e. The van der Waals surface area contributed by atoms with Crippen molar-refractivity contribution in [3.63, 3.8) is 0 Å². The molecule has 0 saturated carbocycles. The molecule has 0 radical (unpaired) electrons. The number of hydrogen-bond acceptors (Lipinski definition) is 1. The van der Waals surface area contributed by atoms with Gasteiger partial charge in [-0.3, -0.25) is 0 Å². The van der Waals surface area contributed by atoms with E-state index >= 15 is 0 Å². The van der Waals surface area contributed by atoms with E-state index in [0.29, 0.717) is 0 Å². The van der Waals surface area contributed by atoms with Gasteiger partial charge in [0, 0.05) is 89.0 Å². The third-order valence-electron chi connectivity index (χ3n) is 0. The van der Waals surface area contributed by atoms with E-state index in [2.05, 4.69) is 0 Å². The smallest absolute Gasteiger partial charge is 0 e. The molecule has 0 fully saturated rings. The molecule has 22 valence electrons. The van der Waals surface area contributed by atoms with Gasteiger partial charge in [0.15, 0.2) is 0 Å². The van der Waals surface area contributed by atoms with Crippen LogP contribution in [0.5, 0.6) is 0 Å². The summed E-state index contributed by atoms with van der Waals surface area (Å²) < 4.78 is 0. The van der Waals surface area contributed by atoms with Crippen LogP contribution in [0.2, 0.25) is 0 Å². The molecule has 0 aliphatic carbocycles. The zero-order valence-electron chi connectivity index (χ0n) is 2.12. The van der Waals surface area contributed by atoms with Crippen molar-refractivity contribution >= 4 is 0 Å². The van der Waals surface area contributed by atoms with E-state index in [4.69, 9.17) is 0 Å². The number of hydrogen-bond donors (Lipinski definition) is 1. The molecule has 0 amide bonds. The van der Waals surface area contributed by atoms with E-state index in [0.717, 1.165) is 0 Å². The van der Waals surface area contributed by atoms with Crippen molar-refractivity contribution in [1.29, 1.82) is 0 Å². The third kappa shape index (κ3) is 8.86. The summed E-state index contributed by atoms with van der Waals surface area (Å²) in [6, 6.07) is 0. The molecular weight excluding hydrogens is 429 g/mol. The summed E-state index contributed by atoms with van der Waals surface area (Å²) >= 11 is 0. The van der Waals surface area contributed by atoms with Crippen molar-refractivity contribution in [1.82, 2.24) is 6.15 Å². The topological polar surface area (TPSA) is 35.0 Å². The normalized spacial score (nSPS) is 0. The first kappa shape index (κ1) is 28.5. The molecule has 0 saturated heterocycles. The van der Waals surface area contributed by atoms with Crippen LogP contribution in [0, 0.1) is 41.7 Å². The minimum absolute atomic E-state index is 0. The van der Waals surface area contributed by atoms with Crippen LogP contribution in [-0.4, -0.2) is 0 Å². The Morgan fingerprint density at radius 3 is 1.00 bits per heavy atom. The fourth-order valence-corrected chi connectivity index (χ4v) is 0. The molecule has 0 aromatic carbocycles. The Kier molecular flexibility index (Phi) is 120. The molecule has 0 aliphatic rings. The van der Waals surface area contributed by atoms with E-state index in [-0.39, 0.29) is 95.2 Å². The molecule has 0 spiro atoms. The monoisotopic (exact) mass is 431 g/mol. The van der Waals surface area contributed by atoms with Gasteiger partial charge >= 0.3 is 0 Å². The van der Waals surface area contributed by atoms with Crippen LogP contribution >= 0.6 is 0 Å². The van der Waals surface area contributed by atoms with Crippen molar-refractivity contribution < 1.29 is 89.0 Å².